The van der Waals surface area contributed by atoms with Crippen LogP contribution in [0, 0.1) is 0 Å². The van der Waals surface area contributed by atoms with Crippen LogP contribution in [0.4, 0.5) is 5.69 Å². The molecule has 102 valence electrons. The van der Waals surface area contributed by atoms with Crippen LogP contribution in [0.1, 0.15) is 31.7 Å². The van der Waals surface area contributed by atoms with Gasteiger partial charge in [-0.2, -0.15) is 0 Å². The molecule has 0 aliphatic carbocycles. The quantitative estimate of drug-likeness (QED) is 0.871. The summed E-state index contributed by atoms with van der Waals surface area (Å²) in [5, 5.41) is 6.44. The van der Waals surface area contributed by atoms with Crippen LogP contribution in [0.2, 0.25) is 0 Å². The van der Waals surface area contributed by atoms with Crippen molar-refractivity contribution in [1.82, 2.24) is 5.32 Å². The van der Waals surface area contributed by atoms with E-state index in [9.17, 15) is 4.79 Å². The highest BCUT2D eigenvalue weighted by Gasteiger charge is 2.40. The van der Waals surface area contributed by atoms with Gasteiger partial charge in [-0.05, 0) is 30.9 Å². The number of fused-ring (bicyclic) bond motifs is 2. The second kappa shape index (κ2) is 5.31. The third-order valence-electron chi connectivity index (χ3n) is 3.99. The number of benzene rings is 1. The Hall–Kier alpha value is -1.39. The first kappa shape index (κ1) is 12.6. The summed E-state index contributed by atoms with van der Waals surface area (Å²) in [5.41, 5.74) is 2.02. The smallest absolute Gasteiger partial charge is 0.221 e. The Morgan fingerprint density at radius 3 is 2.89 bits per heavy atom. The third-order valence-corrected chi connectivity index (χ3v) is 3.99. The Bertz CT molecular complexity index is 475. The molecule has 1 amide bonds. The maximum atomic E-state index is 11.2. The number of ether oxygens (including phenoxy) is 1. The average Bonchev–Trinajstić information content (AvgIpc) is 2.99. The maximum absolute atomic E-state index is 11.2. The van der Waals surface area contributed by atoms with Gasteiger partial charge in [0.15, 0.2) is 0 Å². The Morgan fingerprint density at radius 2 is 2.21 bits per heavy atom. The third kappa shape index (κ3) is 2.80. The van der Waals surface area contributed by atoms with E-state index in [1.165, 1.54) is 19.8 Å². The van der Waals surface area contributed by atoms with Gasteiger partial charge in [0.05, 0.1) is 12.2 Å². The van der Waals surface area contributed by atoms with Crippen molar-refractivity contribution in [2.24, 2.45) is 0 Å². The number of carbonyl (C=O) groups is 1. The Labute approximate surface area is 113 Å². The van der Waals surface area contributed by atoms with Crippen molar-refractivity contribution in [2.75, 3.05) is 5.32 Å². The predicted molar refractivity (Wildman–Crippen MR) is 73.9 cm³/mol. The van der Waals surface area contributed by atoms with Gasteiger partial charge in [-0.25, -0.2) is 0 Å². The van der Waals surface area contributed by atoms with Gasteiger partial charge in [0.25, 0.3) is 0 Å². The van der Waals surface area contributed by atoms with E-state index < -0.39 is 0 Å². The van der Waals surface area contributed by atoms with Crippen LogP contribution in [0.3, 0.4) is 0 Å². The van der Waals surface area contributed by atoms with Crippen molar-refractivity contribution in [2.45, 2.75) is 51.0 Å². The molecule has 2 heterocycles. The number of carbonyl (C=O) groups excluding carboxylic acids is 1. The highest BCUT2D eigenvalue weighted by molar-refractivity contribution is 5.89. The number of hydrogen-bond donors (Lipinski definition) is 2. The Kier molecular flexibility index (Phi) is 3.53. The minimum Gasteiger partial charge on any atom is -0.373 e. The number of para-hydroxylation sites is 1. The Morgan fingerprint density at radius 1 is 1.37 bits per heavy atom. The van der Waals surface area contributed by atoms with E-state index in [1.807, 2.05) is 24.3 Å². The molecule has 2 aliphatic heterocycles. The van der Waals surface area contributed by atoms with Crippen molar-refractivity contribution in [3.63, 3.8) is 0 Å². The normalized spacial score (nSPS) is 28.6. The fraction of sp³-hybridized carbons (Fsp3) is 0.533. The molecule has 2 fully saturated rings. The van der Waals surface area contributed by atoms with E-state index in [2.05, 4.69) is 10.6 Å². The van der Waals surface area contributed by atoms with Crippen LogP contribution in [0.5, 0.6) is 0 Å². The van der Waals surface area contributed by atoms with Crippen LogP contribution in [0.15, 0.2) is 24.3 Å². The number of anilines is 1. The number of amides is 1. The summed E-state index contributed by atoms with van der Waals surface area (Å²) in [7, 11) is 0. The molecule has 1 aromatic rings. The fourth-order valence-corrected chi connectivity index (χ4v) is 3.08. The minimum atomic E-state index is -0.0318. The first-order chi connectivity index (χ1) is 9.22. The van der Waals surface area contributed by atoms with Gasteiger partial charge in [0, 0.05) is 25.2 Å². The number of nitrogens with one attached hydrogen (secondary N) is 2. The molecule has 2 saturated heterocycles. The molecule has 2 aliphatic rings. The van der Waals surface area contributed by atoms with Gasteiger partial charge in [-0.15, -0.1) is 0 Å². The summed E-state index contributed by atoms with van der Waals surface area (Å²) >= 11 is 0. The van der Waals surface area contributed by atoms with Crippen LogP contribution in [0.25, 0.3) is 0 Å². The second-order valence-corrected chi connectivity index (χ2v) is 5.44. The molecule has 4 nitrogen and oxygen atoms in total. The lowest BCUT2D eigenvalue weighted by Gasteiger charge is -2.21. The highest BCUT2D eigenvalue weighted by Crippen LogP contribution is 2.34. The van der Waals surface area contributed by atoms with E-state index in [4.69, 9.17) is 4.74 Å². The average molecular weight is 260 g/mol. The van der Waals surface area contributed by atoms with Gasteiger partial charge in [0.1, 0.15) is 0 Å². The molecule has 1 aromatic carbocycles. The standard InChI is InChI=1S/C15H20N2O2/c1-10(18)17-13-5-3-2-4-11(13)9-16-14-8-12-6-7-15(14)19-12/h2-5,12,14-16H,6-9H2,1H3,(H,17,18). The summed E-state index contributed by atoms with van der Waals surface area (Å²) in [5.74, 6) is -0.0318. The van der Waals surface area contributed by atoms with E-state index >= 15 is 0 Å². The van der Waals surface area contributed by atoms with E-state index in [0.717, 1.165) is 24.2 Å². The molecule has 2 N–H and O–H groups in total. The zero-order valence-electron chi connectivity index (χ0n) is 11.2. The molecule has 3 unspecified atom stereocenters. The monoisotopic (exact) mass is 260 g/mol. The van der Waals surface area contributed by atoms with Gasteiger partial charge in [-0.3, -0.25) is 4.79 Å². The summed E-state index contributed by atoms with van der Waals surface area (Å²) in [6.07, 6.45) is 4.36. The summed E-state index contributed by atoms with van der Waals surface area (Å²) in [6.45, 7) is 2.31. The molecule has 3 atom stereocenters. The molecule has 3 rings (SSSR count). The van der Waals surface area contributed by atoms with E-state index in [1.54, 1.807) is 0 Å². The highest BCUT2D eigenvalue weighted by atomic mass is 16.5. The van der Waals surface area contributed by atoms with Crippen LogP contribution < -0.4 is 10.6 Å². The summed E-state index contributed by atoms with van der Waals surface area (Å²) < 4.78 is 5.84. The second-order valence-electron chi connectivity index (χ2n) is 5.44. The lowest BCUT2D eigenvalue weighted by Crippen LogP contribution is -2.37. The van der Waals surface area contributed by atoms with Gasteiger partial charge in [0.2, 0.25) is 5.91 Å². The van der Waals surface area contributed by atoms with Crippen LogP contribution >= 0.6 is 0 Å². The first-order valence-corrected chi connectivity index (χ1v) is 6.96. The molecule has 0 spiro atoms. The first-order valence-electron chi connectivity index (χ1n) is 6.96. The predicted octanol–water partition coefficient (Wildman–Crippen LogP) is 2.05. The molecule has 19 heavy (non-hydrogen) atoms. The zero-order chi connectivity index (χ0) is 13.2. The summed E-state index contributed by atoms with van der Waals surface area (Å²) in [4.78, 5) is 11.2. The SMILES string of the molecule is CC(=O)Nc1ccccc1CNC1CC2CCC1O2. The topological polar surface area (TPSA) is 50.4 Å². The molecule has 4 heteroatoms. The van der Waals surface area contributed by atoms with E-state index in [-0.39, 0.29) is 5.91 Å². The summed E-state index contributed by atoms with van der Waals surface area (Å²) in [6, 6.07) is 8.39. The van der Waals surface area contributed by atoms with Crippen molar-refractivity contribution in [3.8, 4) is 0 Å². The Balaban J connectivity index is 1.62. The largest absolute Gasteiger partial charge is 0.373 e. The van der Waals surface area contributed by atoms with Crippen molar-refractivity contribution in [3.05, 3.63) is 29.8 Å². The van der Waals surface area contributed by atoms with Crippen molar-refractivity contribution >= 4 is 11.6 Å². The van der Waals surface area contributed by atoms with Gasteiger partial charge < -0.3 is 15.4 Å². The number of hydrogen-bond acceptors (Lipinski definition) is 3. The minimum absolute atomic E-state index is 0.0318. The molecule has 0 radical (unpaired) electrons. The lowest BCUT2D eigenvalue weighted by atomic mass is 9.95. The number of rotatable bonds is 4. The van der Waals surface area contributed by atoms with E-state index in [0.29, 0.717) is 18.2 Å². The lowest BCUT2D eigenvalue weighted by molar-refractivity contribution is -0.114. The molecular weight excluding hydrogens is 240 g/mol. The van der Waals surface area contributed by atoms with Crippen LogP contribution in [-0.4, -0.2) is 24.2 Å². The maximum Gasteiger partial charge on any atom is 0.221 e. The van der Waals surface area contributed by atoms with Crippen LogP contribution in [-0.2, 0) is 16.1 Å². The van der Waals surface area contributed by atoms with Crippen molar-refractivity contribution < 1.29 is 9.53 Å². The van der Waals surface area contributed by atoms with Gasteiger partial charge in [-0.1, -0.05) is 18.2 Å². The molecule has 2 bridgehead atoms. The zero-order valence-corrected chi connectivity index (χ0v) is 11.2. The molecule has 0 aromatic heterocycles. The molecular formula is C15H20N2O2. The van der Waals surface area contributed by atoms with Gasteiger partial charge >= 0.3 is 0 Å². The fourth-order valence-electron chi connectivity index (χ4n) is 3.08. The molecule has 0 saturated carbocycles. The van der Waals surface area contributed by atoms with Crippen molar-refractivity contribution in [1.29, 1.82) is 0 Å².